The summed E-state index contributed by atoms with van der Waals surface area (Å²) in [6.45, 7) is -1.000. The summed E-state index contributed by atoms with van der Waals surface area (Å²) in [5.74, 6) is 0.0322. The van der Waals surface area contributed by atoms with E-state index in [-0.39, 0.29) is 54.7 Å². The topological polar surface area (TPSA) is 285 Å². The third kappa shape index (κ3) is 7.66. The normalized spacial score (nSPS) is 28.2. The van der Waals surface area contributed by atoms with Gasteiger partial charge in [0, 0.05) is 0 Å². The van der Waals surface area contributed by atoms with Crippen LogP contribution in [-0.4, -0.2) is 64.4 Å². The summed E-state index contributed by atoms with van der Waals surface area (Å²) in [6, 6.07) is 0. The van der Waals surface area contributed by atoms with Crippen LogP contribution in [-0.2, 0) is 31.6 Å². The van der Waals surface area contributed by atoms with Crippen molar-refractivity contribution < 1.29 is 99.1 Å². The van der Waals surface area contributed by atoms with Crippen LogP contribution in [0, 0.1) is 0 Å². The summed E-state index contributed by atoms with van der Waals surface area (Å²) in [5, 5.41) is 20.4. The molecule has 0 bridgehead atoms. The van der Waals surface area contributed by atoms with E-state index in [0.717, 1.165) is 6.33 Å². The second kappa shape index (κ2) is 11.3. The van der Waals surface area contributed by atoms with E-state index in [1.54, 1.807) is 0 Å². The number of aliphatic hydroxyl groups excluding tert-OH is 2. The van der Waals surface area contributed by atoms with Gasteiger partial charge in [-0.1, -0.05) is 0 Å². The first-order chi connectivity index (χ1) is 14.2. The minimum atomic E-state index is -6.01. The van der Waals surface area contributed by atoms with Gasteiger partial charge in [-0.3, -0.25) is 18.2 Å². The quantitative estimate of drug-likeness (QED) is 0.159. The molecule has 33 heavy (non-hydrogen) atoms. The molecule has 18 nitrogen and oxygen atoms in total. The van der Waals surface area contributed by atoms with Gasteiger partial charge >= 0.3 is 45.5 Å². The maximum absolute atomic E-state index is 11.7. The number of aromatic nitrogens is 4. The number of hydrogen-bond donors (Lipinski definition) is 5. The fraction of sp³-hybridized carbons (Fsp3) is 0.500. The molecule has 1 saturated heterocycles. The van der Waals surface area contributed by atoms with Gasteiger partial charge in [-0.15, -0.1) is 0 Å². The molecule has 4 unspecified atom stereocenters. The summed E-state index contributed by atoms with van der Waals surface area (Å²) >= 11 is 0. The van der Waals surface area contributed by atoms with Crippen LogP contribution >= 0.6 is 23.5 Å². The number of imidazole rings is 1. The van der Waals surface area contributed by atoms with Crippen LogP contribution in [0.4, 0.5) is 5.82 Å². The first kappa shape index (κ1) is 30.9. The van der Waals surface area contributed by atoms with E-state index in [1.165, 1.54) is 10.9 Å². The van der Waals surface area contributed by atoms with Crippen LogP contribution in [0.3, 0.4) is 0 Å². The number of phosphoric ester groups is 1. The molecular formula is C10H14Li2N5O13P3. The molecule has 0 aromatic carbocycles. The van der Waals surface area contributed by atoms with Crippen LogP contribution < -0.4 is 53.2 Å². The molecule has 23 heteroatoms. The molecule has 2 aromatic rings. The Morgan fingerprint density at radius 2 is 1.73 bits per heavy atom. The number of rotatable bonds is 8. The average molecular weight is 520 g/mol. The summed E-state index contributed by atoms with van der Waals surface area (Å²) in [6.07, 6.45) is -3.81. The Hall–Kier alpha value is -0.165. The molecule has 3 rings (SSSR count). The summed E-state index contributed by atoms with van der Waals surface area (Å²) in [7, 11) is -17.4. The summed E-state index contributed by atoms with van der Waals surface area (Å²) in [4.78, 5) is 51.0. The summed E-state index contributed by atoms with van der Waals surface area (Å²) < 4.78 is 51.0. The van der Waals surface area contributed by atoms with Crippen LogP contribution in [0.25, 0.3) is 11.2 Å². The molecule has 2 aromatic heterocycles. The number of ether oxygens (including phenoxy) is 1. The number of anilines is 1. The number of nitrogen functional groups attached to an aromatic ring is 1. The van der Waals surface area contributed by atoms with Gasteiger partial charge in [0.25, 0.3) is 15.6 Å². The molecule has 174 valence electrons. The Kier molecular flexibility index (Phi) is 10.5. The van der Waals surface area contributed by atoms with Gasteiger partial charge in [0.2, 0.25) is 0 Å². The monoisotopic (exact) mass is 520 g/mol. The van der Waals surface area contributed by atoms with E-state index in [0.29, 0.717) is 0 Å². The third-order valence-corrected chi connectivity index (χ3v) is 7.53. The Balaban J connectivity index is 0.00000272. The van der Waals surface area contributed by atoms with Crippen molar-refractivity contribution >= 4 is 40.4 Å². The van der Waals surface area contributed by atoms with Crippen molar-refractivity contribution in [3.05, 3.63) is 12.7 Å². The maximum Gasteiger partial charge on any atom is 1.00 e. The molecule has 0 saturated carbocycles. The largest absolute Gasteiger partial charge is 1.00 e. The van der Waals surface area contributed by atoms with Crippen LogP contribution in [0.2, 0.25) is 0 Å². The number of phosphoric acid groups is 3. The smallest absolute Gasteiger partial charge is 0.756 e. The number of fused-ring (bicyclic) bond motifs is 1. The minimum absolute atomic E-state index is 0. The van der Waals surface area contributed by atoms with E-state index in [1.807, 2.05) is 0 Å². The van der Waals surface area contributed by atoms with Gasteiger partial charge in [-0.2, -0.15) is 0 Å². The van der Waals surface area contributed by atoms with Crippen molar-refractivity contribution in [1.82, 2.24) is 19.5 Å². The number of nitrogens with two attached hydrogens (primary N) is 1. The van der Waals surface area contributed by atoms with Crippen molar-refractivity contribution in [3.63, 3.8) is 0 Å². The number of nitrogens with zero attached hydrogens (tertiary/aromatic N) is 4. The Morgan fingerprint density at radius 1 is 1.09 bits per heavy atom. The minimum Gasteiger partial charge on any atom is -0.756 e. The van der Waals surface area contributed by atoms with Crippen molar-refractivity contribution in [2.45, 2.75) is 24.5 Å². The van der Waals surface area contributed by atoms with E-state index < -0.39 is 54.6 Å². The second-order valence-electron chi connectivity index (χ2n) is 5.97. The predicted octanol–water partition coefficient (Wildman–Crippen LogP) is -8.89. The maximum atomic E-state index is 11.7. The van der Waals surface area contributed by atoms with Gasteiger partial charge in [-0.25, -0.2) is 28.1 Å². The molecule has 7 atom stereocenters. The Morgan fingerprint density at radius 3 is 2.33 bits per heavy atom. The van der Waals surface area contributed by atoms with Gasteiger partial charge in [-0.05, 0) is 0 Å². The zero-order chi connectivity index (χ0) is 23.2. The molecule has 0 radical (unpaired) electrons. The fourth-order valence-electron chi connectivity index (χ4n) is 2.61. The molecular weight excluding hydrogens is 506 g/mol. The van der Waals surface area contributed by atoms with E-state index in [9.17, 15) is 38.6 Å². The van der Waals surface area contributed by atoms with Gasteiger partial charge in [0.15, 0.2) is 17.7 Å². The van der Waals surface area contributed by atoms with Crippen LogP contribution in [0.15, 0.2) is 12.7 Å². The van der Waals surface area contributed by atoms with Gasteiger partial charge < -0.3 is 40.3 Å². The predicted molar refractivity (Wildman–Crippen MR) is 91.0 cm³/mol. The van der Waals surface area contributed by atoms with E-state index in [4.69, 9.17) is 15.4 Å². The molecule has 1 aliphatic heterocycles. The first-order valence-corrected chi connectivity index (χ1v) is 12.3. The third-order valence-electron chi connectivity index (χ3n) is 3.81. The van der Waals surface area contributed by atoms with Crippen molar-refractivity contribution in [1.29, 1.82) is 0 Å². The van der Waals surface area contributed by atoms with Crippen molar-refractivity contribution in [2.24, 2.45) is 0 Å². The summed E-state index contributed by atoms with van der Waals surface area (Å²) in [5.41, 5.74) is 5.97. The SMILES string of the molecule is Nc1ncnc2c1n[13cH]n2[C@@H]1O[C@H](COP(=O)(O)OP(=O)([O-])OP(=O)([O-])O)[C@H](O)C1O.[Li+].[Li+]. The Bertz CT molecular complexity index is 1120. The molecule has 0 amide bonds. The molecule has 0 spiro atoms. The van der Waals surface area contributed by atoms with E-state index in [2.05, 4.69) is 28.1 Å². The molecule has 1 aliphatic rings. The first-order valence-electron chi connectivity index (χ1n) is 7.88. The standard InChI is InChI=1S/C10H16N5O13P3.2Li/c11-8-5-9(13-2-12-8)15(3-14-5)10-7(17)6(16)4(26-10)1-25-30(21,22)28-31(23,24)27-29(18,19)20;;/h2-4,6-7,10,16-17H,1H2,(H,21,22)(H,23,24)(H2,11,12,13)(H2,18,19,20);;/q;2*+1/p-2/t4-,6+,7?,10-;;/m1../s1/i3+1;;. The van der Waals surface area contributed by atoms with Crippen LogP contribution in [0.5, 0.6) is 0 Å². The van der Waals surface area contributed by atoms with Crippen molar-refractivity contribution in [3.8, 4) is 0 Å². The van der Waals surface area contributed by atoms with Crippen LogP contribution in [0.1, 0.15) is 6.23 Å². The van der Waals surface area contributed by atoms with Gasteiger partial charge in [0.05, 0.1) is 12.9 Å². The molecule has 6 N–H and O–H groups in total. The zero-order valence-electron chi connectivity index (χ0n) is 16.8. The zero-order valence-corrected chi connectivity index (χ0v) is 19.5. The molecule has 1 fully saturated rings. The van der Waals surface area contributed by atoms with E-state index >= 15 is 0 Å². The fourth-order valence-corrected chi connectivity index (χ4v) is 5.55. The molecule has 0 aliphatic carbocycles. The second-order valence-corrected chi connectivity index (χ2v) is 10.3. The number of aliphatic hydroxyl groups is 2. The molecule has 3 heterocycles. The van der Waals surface area contributed by atoms with Crippen molar-refractivity contribution in [2.75, 3.05) is 12.3 Å². The van der Waals surface area contributed by atoms with Gasteiger partial charge in [0.1, 0.15) is 30.2 Å². The Labute approximate surface area is 208 Å². The average Bonchev–Trinajstić information content (AvgIpc) is 3.13. The number of hydrogen-bond acceptors (Lipinski definition) is 15.